The quantitative estimate of drug-likeness (QED) is 0.256. The van der Waals surface area contributed by atoms with Crippen LogP contribution in [0.4, 0.5) is 0 Å². The molecule has 7 heterocycles. The molecule has 7 aliphatic heterocycles. The molecule has 7 aliphatic rings. The highest BCUT2D eigenvalue weighted by Crippen LogP contribution is 2.65. The Morgan fingerprint density at radius 2 is 1.79 bits per heavy atom. The number of fused-ring (bicyclic) bond motifs is 9. The number of nitrogens with zero attached hydrogens (tertiary/aromatic N) is 3. The van der Waals surface area contributed by atoms with Gasteiger partial charge in [-0.15, -0.1) is 11.8 Å². The van der Waals surface area contributed by atoms with E-state index in [2.05, 4.69) is 9.80 Å². The zero-order valence-corrected chi connectivity index (χ0v) is 33.3. The van der Waals surface area contributed by atoms with E-state index < -0.39 is 47.1 Å². The van der Waals surface area contributed by atoms with Crippen LogP contribution in [-0.4, -0.2) is 114 Å². The van der Waals surface area contributed by atoms with Crippen molar-refractivity contribution in [3.05, 3.63) is 62.7 Å². The summed E-state index contributed by atoms with van der Waals surface area (Å²) in [5.74, 6) is 1.10. The van der Waals surface area contributed by atoms with Gasteiger partial charge in [0, 0.05) is 47.5 Å². The number of aliphatic hydroxyl groups excluding tert-OH is 1. The fraction of sp³-hybridized carbons (Fsp3) is 0.512. The number of carbonyl (C=O) groups excluding carboxylic acids is 2. The number of thioether (sulfide) groups is 1. The fourth-order valence-corrected chi connectivity index (χ4v) is 12.4. The molecule has 14 nitrogen and oxygen atoms in total. The van der Waals surface area contributed by atoms with Crippen LogP contribution in [0, 0.1) is 13.8 Å². The Kier molecular flexibility index (Phi) is 8.85. The molecule has 3 aromatic carbocycles. The average molecular weight is 790 g/mol. The van der Waals surface area contributed by atoms with E-state index in [1.54, 1.807) is 19.2 Å². The highest BCUT2D eigenvalue weighted by Gasteiger charge is 2.62. The average Bonchev–Trinajstić information content (AvgIpc) is 3.66. The molecule has 298 valence electrons. The summed E-state index contributed by atoms with van der Waals surface area (Å²) in [6.45, 7) is 7.93. The second-order valence-electron chi connectivity index (χ2n) is 15.5. The number of ether oxygens (including phenoxy) is 6. The van der Waals surface area contributed by atoms with Gasteiger partial charge in [-0.2, -0.15) is 0 Å². The molecule has 2 fully saturated rings. The van der Waals surface area contributed by atoms with Gasteiger partial charge in [-0.05, 0) is 74.7 Å². The van der Waals surface area contributed by atoms with Gasteiger partial charge in [-0.25, -0.2) is 4.79 Å². The van der Waals surface area contributed by atoms with Gasteiger partial charge >= 0.3 is 11.9 Å². The van der Waals surface area contributed by atoms with Gasteiger partial charge in [-0.3, -0.25) is 19.5 Å². The van der Waals surface area contributed by atoms with Crippen LogP contribution in [-0.2, 0) is 32.7 Å². The molecular weight excluding hydrogens is 743 g/mol. The third kappa shape index (κ3) is 4.96. The number of esters is 2. The molecule has 15 heteroatoms. The Hall–Kier alpha value is -4.41. The Morgan fingerprint density at radius 1 is 1.02 bits per heavy atom. The molecule has 10 rings (SSSR count). The summed E-state index contributed by atoms with van der Waals surface area (Å²) < 4.78 is 36.3. The summed E-state index contributed by atoms with van der Waals surface area (Å²) in [5, 5.41) is 35.0. The number of hydrogen-bond donors (Lipinski definition) is 3. The minimum Gasteiger partial charge on any atom is -0.504 e. The van der Waals surface area contributed by atoms with Crippen molar-refractivity contribution in [1.82, 2.24) is 14.7 Å². The maximum atomic E-state index is 15.1. The lowest BCUT2D eigenvalue weighted by Gasteiger charge is -2.62. The number of methoxy groups -OCH3 is 2. The lowest BCUT2D eigenvalue weighted by atomic mass is 9.73. The number of rotatable bonds is 4. The molecule has 0 aromatic heterocycles. The summed E-state index contributed by atoms with van der Waals surface area (Å²) >= 11 is 1.51. The van der Waals surface area contributed by atoms with E-state index in [9.17, 15) is 20.1 Å². The van der Waals surface area contributed by atoms with Crippen LogP contribution in [0.1, 0.15) is 75.7 Å². The third-order valence-corrected chi connectivity index (χ3v) is 14.4. The number of carbonyl (C=O) groups is 2. The maximum absolute atomic E-state index is 15.1. The summed E-state index contributed by atoms with van der Waals surface area (Å²) in [4.78, 5) is 34.3. The standard InChI is InChI=1S/C41H47N3O11S/c1-8-43-10-9-21-13-26(46)27(50-6)14-23(21)41(43)16-56-38-30-29(37-36(53-17-54-37)19(3)35(30)55-20(4)45)25(15-52-40(41)49)44-32(38)31-28-22(12-24(39(44)48)42(31)5)11-18(2)34(51-7)33(28)47/h11,13-14,24-25,31-32,38-39,46-48H,8-10,12,15-17H2,1-7H3/t24-,25+,31+,32?,38+,39-,41+/m0/s1. The fourth-order valence-electron chi connectivity index (χ4n) is 10.6. The first kappa shape index (κ1) is 37.2. The van der Waals surface area contributed by atoms with E-state index >= 15 is 4.79 Å². The third-order valence-electron chi connectivity index (χ3n) is 13.0. The van der Waals surface area contributed by atoms with Gasteiger partial charge in [0.1, 0.15) is 18.6 Å². The number of phenolic OH excluding ortho intramolecular Hbond substituents is 2. The van der Waals surface area contributed by atoms with E-state index in [0.717, 1.165) is 16.7 Å². The highest BCUT2D eigenvalue weighted by atomic mass is 32.2. The van der Waals surface area contributed by atoms with E-state index in [1.165, 1.54) is 25.8 Å². The highest BCUT2D eigenvalue weighted by molar-refractivity contribution is 7.99. The zero-order chi connectivity index (χ0) is 39.5. The number of phenols is 2. The van der Waals surface area contributed by atoms with Crippen molar-refractivity contribution >= 4 is 23.7 Å². The SMILES string of the molecule is CCN1CCc2cc(O)c(OC)cc2[C@@]12CS[C@@H]1c3c(OC(C)=O)c(C)c4c(c3[C@@H](COC2=O)N2C1[C@H]1c3c(cc(C)c(OC)c3O)C[C@@H]([C@@H]2O)N1C)OCO4. The molecule has 2 saturated heterocycles. The second-order valence-corrected chi connectivity index (χ2v) is 16.7. The van der Waals surface area contributed by atoms with Crippen molar-refractivity contribution in [3.63, 3.8) is 0 Å². The van der Waals surface area contributed by atoms with Crippen molar-refractivity contribution in [2.24, 2.45) is 0 Å². The first-order valence-corrected chi connectivity index (χ1v) is 20.1. The monoisotopic (exact) mass is 789 g/mol. The van der Waals surface area contributed by atoms with Gasteiger partial charge in [0.2, 0.25) is 6.79 Å². The molecule has 0 aliphatic carbocycles. The van der Waals surface area contributed by atoms with Gasteiger partial charge in [0.05, 0.1) is 37.6 Å². The molecule has 0 amide bonds. The number of aryl methyl sites for hydroxylation is 1. The van der Waals surface area contributed by atoms with Crippen LogP contribution in [0.2, 0.25) is 0 Å². The van der Waals surface area contributed by atoms with E-state index in [-0.39, 0.29) is 42.4 Å². The van der Waals surface area contributed by atoms with Crippen molar-refractivity contribution < 1.29 is 53.3 Å². The number of likely N-dealkylation sites (N-methyl/N-ethyl adjacent to an activating group) is 2. The molecule has 1 unspecified atom stereocenters. The molecule has 0 radical (unpaired) electrons. The molecule has 3 N–H and O–H groups in total. The normalized spacial score (nSPS) is 29.2. The molecule has 7 atom stereocenters. The largest absolute Gasteiger partial charge is 0.504 e. The first-order chi connectivity index (χ1) is 26.9. The Balaban J connectivity index is 1.34. The van der Waals surface area contributed by atoms with Crippen LogP contribution in [0.25, 0.3) is 0 Å². The zero-order valence-electron chi connectivity index (χ0n) is 32.5. The molecule has 4 bridgehead atoms. The summed E-state index contributed by atoms with van der Waals surface area (Å²) in [6.07, 6.45) is 0.00794. The van der Waals surface area contributed by atoms with E-state index in [4.69, 9.17) is 28.4 Å². The molecular formula is C41H47N3O11S. The number of benzene rings is 3. The smallest absolute Gasteiger partial charge is 0.332 e. The Morgan fingerprint density at radius 3 is 2.50 bits per heavy atom. The number of aromatic hydroxyl groups is 2. The predicted octanol–water partition coefficient (Wildman–Crippen LogP) is 4.15. The van der Waals surface area contributed by atoms with Crippen LogP contribution in [0.5, 0.6) is 40.2 Å². The minimum absolute atomic E-state index is 0.0105. The summed E-state index contributed by atoms with van der Waals surface area (Å²) in [7, 11) is 4.99. The van der Waals surface area contributed by atoms with Gasteiger partial charge in [-0.1, -0.05) is 13.0 Å². The molecule has 56 heavy (non-hydrogen) atoms. The first-order valence-electron chi connectivity index (χ1n) is 19.0. The number of hydrogen-bond acceptors (Lipinski definition) is 15. The van der Waals surface area contributed by atoms with Crippen LogP contribution < -0.4 is 23.7 Å². The van der Waals surface area contributed by atoms with Crippen LogP contribution in [0.3, 0.4) is 0 Å². The molecule has 0 saturated carbocycles. The lowest BCUT2D eigenvalue weighted by Crippen LogP contribution is -2.70. The minimum atomic E-state index is -1.31. The van der Waals surface area contributed by atoms with Crippen molar-refractivity contribution in [1.29, 1.82) is 0 Å². The van der Waals surface area contributed by atoms with Gasteiger partial charge in [0.15, 0.2) is 40.0 Å². The van der Waals surface area contributed by atoms with Gasteiger partial charge in [0.25, 0.3) is 0 Å². The summed E-state index contributed by atoms with van der Waals surface area (Å²) in [5.41, 5.74) is 4.53. The predicted molar refractivity (Wildman–Crippen MR) is 204 cm³/mol. The lowest BCUT2D eigenvalue weighted by molar-refractivity contribution is -0.188. The second kappa shape index (κ2) is 13.3. The van der Waals surface area contributed by atoms with Crippen LogP contribution in [0.15, 0.2) is 18.2 Å². The molecule has 1 spiro atoms. The van der Waals surface area contributed by atoms with Crippen molar-refractivity contribution in [2.75, 3.05) is 53.5 Å². The topological polar surface area (TPSA) is 160 Å². The Bertz CT molecular complexity index is 2180. The van der Waals surface area contributed by atoms with E-state index in [1.807, 2.05) is 38.8 Å². The Labute approximate surface area is 329 Å². The number of aliphatic hydroxyl groups is 1. The van der Waals surface area contributed by atoms with Crippen molar-refractivity contribution in [3.8, 4) is 40.2 Å². The van der Waals surface area contributed by atoms with Crippen molar-refractivity contribution in [2.45, 2.75) is 81.7 Å². The van der Waals surface area contributed by atoms with E-state index in [0.29, 0.717) is 76.7 Å². The summed E-state index contributed by atoms with van der Waals surface area (Å²) in [6, 6.07) is 3.23. The number of piperazine rings is 1. The van der Waals surface area contributed by atoms with Gasteiger partial charge < -0.3 is 43.7 Å². The molecule has 3 aromatic rings. The van der Waals surface area contributed by atoms with Crippen LogP contribution >= 0.6 is 11.8 Å². The maximum Gasteiger partial charge on any atom is 0.332 e.